The van der Waals surface area contributed by atoms with Crippen molar-refractivity contribution in [2.75, 3.05) is 24.6 Å². The minimum atomic E-state index is -2.90. The Labute approximate surface area is 151 Å². The number of carbonyl (C=O) groups is 1. The first-order chi connectivity index (χ1) is 11.8. The molecule has 1 aromatic carbocycles. The smallest absolute Gasteiger partial charge is 0.224 e. The summed E-state index contributed by atoms with van der Waals surface area (Å²) in [6.07, 6.45) is 1.11. The standard InChI is InChI=1S/C19H30N2O3S/c1-4-20(18-11-13-25(23,24)15-18)12-10-19(22)21(16(2)3)14-17-8-6-5-7-9-17/h5-9,16,18H,4,10-15H2,1-3H3. The zero-order valence-electron chi connectivity index (χ0n) is 15.5. The molecular formula is C19H30N2O3S. The number of carbonyl (C=O) groups excluding carboxylic acids is 1. The predicted octanol–water partition coefficient (Wildman–Crippen LogP) is 2.32. The Morgan fingerprint density at radius 2 is 1.92 bits per heavy atom. The molecule has 1 amide bonds. The monoisotopic (exact) mass is 366 g/mol. The first-order valence-electron chi connectivity index (χ1n) is 9.10. The predicted molar refractivity (Wildman–Crippen MR) is 101 cm³/mol. The lowest BCUT2D eigenvalue weighted by atomic mass is 10.1. The van der Waals surface area contributed by atoms with Crippen molar-refractivity contribution >= 4 is 15.7 Å². The van der Waals surface area contributed by atoms with Crippen molar-refractivity contribution in [3.8, 4) is 0 Å². The lowest BCUT2D eigenvalue weighted by molar-refractivity contribution is -0.134. The highest BCUT2D eigenvalue weighted by molar-refractivity contribution is 7.91. The van der Waals surface area contributed by atoms with E-state index in [-0.39, 0.29) is 29.5 Å². The molecule has 25 heavy (non-hydrogen) atoms. The Morgan fingerprint density at radius 1 is 1.24 bits per heavy atom. The molecule has 1 atom stereocenters. The molecule has 0 aromatic heterocycles. The topological polar surface area (TPSA) is 57.7 Å². The number of hydrogen-bond donors (Lipinski definition) is 0. The van der Waals surface area contributed by atoms with Crippen LogP contribution in [-0.2, 0) is 21.2 Å². The van der Waals surface area contributed by atoms with Crippen LogP contribution in [0.4, 0.5) is 0 Å². The number of benzene rings is 1. The number of rotatable bonds is 8. The van der Waals surface area contributed by atoms with Crippen molar-refractivity contribution in [1.29, 1.82) is 0 Å². The molecule has 2 rings (SSSR count). The number of nitrogens with zero attached hydrogens (tertiary/aromatic N) is 2. The molecular weight excluding hydrogens is 336 g/mol. The number of amides is 1. The third-order valence-electron chi connectivity index (χ3n) is 4.88. The molecule has 5 nitrogen and oxygen atoms in total. The van der Waals surface area contributed by atoms with Crippen LogP contribution in [0, 0.1) is 0 Å². The summed E-state index contributed by atoms with van der Waals surface area (Å²) in [5.41, 5.74) is 1.12. The van der Waals surface area contributed by atoms with E-state index in [4.69, 9.17) is 0 Å². The minimum Gasteiger partial charge on any atom is -0.336 e. The molecule has 0 saturated carbocycles. The van der Waals surface area contributed by atoms with Gasteiger partial charge in [0.25, 0.3) is 0 Å². The maximum absolute atomic E-state index is 12.7. The Kier molecular flexibility index (Phi) is 7.02. The molecule has 1 aliphatic heterocycles. The van der Waals surface area contributed by atoms with E-state index in [9.17, 15) is 13.2 Å². The summed E-state index contributed by atoms with van der Waals surface area (Å²) in [5.74, 6) is 0.624. The summed E-state index contributed by atoms with van der Waals surface area (Å²) < 4.78 is 23.4. The maximum atomic E-state index is 12.7. The second-order valence-electron chi connectivity index (χ2n) is 7.04. The number of sulfone groups is 1. The summed E-state index contributed by atoms with van der Waals surface area (Å²) >= 11 is 0. The molecule has 0 bridgehead atoms. The molecule has 0 spiro atoms. The van der Waals surface area contributed by atoms with Gasteiger partial charge in [-0.2, -0.15) is 0 Å². The summed E-state index contributed by atoms with van der Waals surface area (Å²) in [4.78, 5) is 16.8. The molecule has 1 aliphatic rings. The highest BCUT2D eigenvalue weighted by atomic mass is 32.2. The Hall–Kier alpha value is -1.40. The summed E-state index contributed by atoms with van der Waals surface area (Å²) in [7, 11) is -2.90. The fourth-order valence-corrected chi connectivity index (χ4v) is 5.15. The molecule has 1 heterocycles. The van der Waals surface area contributed by atoms with Gasteiger partial charge in [-0.15, -0.1) is 0 Å². The van der Waals surface area contributed by atoms with Crippen molar-refractivity contribution < 1.29 is 13.2 Å². The van der Waals surface area contributed by atoms with E-state index >= 15 is 0 Å². The van der Waals surface area contributed by atoms with E-state index in [1.165, 1.54) is 0 Å². The first kappa shape index (κ1) is 19.9. The molecule has 0 aliphatic carbocycles. The molecule has 6 heteroatoms. The van der Waals surface area contributed by atoms with E-state index in [1.807, 2.05) is 56.0 Å². The van der Waals surface area contributed by atoms with Crippen molar-refractivity contribution in [2.24, 2.45) is 0 Å². The van der Waals surface area contributed by atoms with Gasteiger partial charge in [0.2, 0.25) is 5.91 Å². The normalized spacial score (nSPS) is 19.5. The molecule has 1 fully saturated rings. The Bertz CT molecular complexity index is 659. The van der Waals surface area contributed by atoms with Crippen molar-refractivity contribution in [2.45, 2.75) is 52.2 Å². The highest BCUT2D eigenvalue weighted by Gasteiger charge is 2.31. The molecule has 1 unspecified atom stereocenters. The summed E-state index contributed by atoms with van der Waals surface area (Å²) in [5, 5.41) is 0. The van der Waals surface area contributed by atoms with Crippen LogP contribution in [0.1, 0.15) is 39.2 Å². The molecule has 0 radical (unpaired) electrons. The average Bonchev–Trinajstić information content (AvgIpc) is 2.93. The van der Waals surface area contributed by atoms with Gasteiger partial charge in [-0.05, 0) is 32.4 Å². The van der Waals surface area contributed by atoms with Gasteiger partial charge in [-0.25, -0.2) is 8.42 Å². The zero-order valence-corrected chi connectivity index (χ0v) is 16.3. The molecule has 140 valence electrons. The van der Waals surface area contributed by atoms with E-state index in [2.05, 4.69) is 4.90 Å². The maximum Gasteiger partial charge on any atom is 0.224 e. The van der Waals surface area contributed by atoms with Crippen molar-refractivity contribution in [1.82, 2.24) is 9.80 Å². The van der Waals surface area contributed by atoms with Gasteiger partial charge in [-0.3, -0.25) is 9.69 Å². The lowest BCUT2D eigenvalue weighted by Gasteiger charge is -2.30. The first-order valence-corrected chi connectivity index (χ1v) is 10.9. The van der Waals surface area contributed by atoms with Gasteiger partial charge in [0.05, 0.1) is 11.5 Å². The van der Waals surface area contributed by atoms with Crippen LogP contribution in [0.3, 0.4) is 0 Å². The van der Waals surface area contributed by atoms with Crippen molar-refractivity contribution in [3.63, 3.8) is 0 Å². The van der Waals surface area contributed by atoms with Crippen LogP contribution in [0.15, 0.2) is 30.3 Å². The average molecular weight is 367 g/mol. The number of hydrogen-bond acceptors (Lipinski definition) is 4. The van der Waals surface area contributed by atoms with Crippen LogP contribution >= 0.6 is 0 Å². The van der Waals surface area contributed by atoms with E-state index in [0.29, 0.717) is 25.9 Å². The Morgan fingerprint density at radius 3 is 2.44 bits per heavy atom. The molecule has 1 aromatic rings. The van der Waals surface area contributed by atoms with Gasteiger partial charge in [-0.1, -0.05) is 37.3 Å². The van der Waals surface area contributed by atoms with E-state index in [1.54, 1.807) is 0 Å². The van der Waals surface area contributed by atoms with Crippen LogP contribution in [0.5, 0.6) is 0 Å². The van der Waals surface area contributed by atoms with Crippen LogP contribution in [0.25, 0.3) is 0 Å². The Balaban J connectivity index is 1.93. The zero-order chi connectivity index (χ0) is 18.4. The minimum absolute atomic E-state index is 0.0597. The van der Waals surface area contributed by atoms with Gasteiger partial charge in [0.1, 0.15) is 0 Å². The fourth-order valence-electron chi connectivity index (χ4n) is 3.38. The van der Waals surface area contributed by atoms with Crippen molar-refractivity contribution in [3.05, 3.63) is 35.9 Å². The summed E-state index contributed by atoms with van der Waals surface area (Å²) in [6, 6.07) is 10.2. The fraction of sp³-hybridized carbons (Fsp3) is 0.632. The quantitative estimate of drug-likeness (QED) is 0.708. The van der Waals surface area contributed by atoms with Gasteiger partial charge < -0.3 is 4.90 Å². The van der Waals surface area contributed by atoms with E-state index < -0.39 is 9.84 Å². The largest absolute Gasteiger partial charge is 0.336 e. The SMILES string of the molecule is CCN(CCC(=O)N(Cc1ccccc1)C(C)C)C1CCS(=O)(=O)C1. The van der Waals surface area contributed by atoms with Gasteiger partial charge in [0.15, 0.2) is 9.84 Å². The van der Waals surface area contributed by atoms with Crippen LogP contribution in [-0.4, -0.2) is 60.8 Å². The third-order valence-corrected chi connectivity index (χ3v) is 6.63. The van der Waals surface area contributed by atoms with Crippen LogP contribution < -0.4 is 0 Å². The third kappa shape index (κ3) is 5.82. The van der Waals surface area contributed by atoms with Gasteiger partial charge in [0, 0.05) is 31.6 Å². The second kappa shape index (κ2) is 8.81. The highest BCUT2D eigenvalue weighted by Crippen LogP contribution is 2.18. The lowest BCUT2D eigenvalue weighted by Crippen LogP contribution is -2.41. The van der Waals surface area contributed by atoms with Crippen LogP contribution in [0.2, 0.25) is 0 Å². The molecule has 1 saturated heterocycles. The van der Waals surface area contributed by atoms with Gasteiger partial charge >= 0.3 is 0 Å². The van der Waals surface area contributed by atoms with E-state index in [0.717, 1.165) is 12.1 Å². The molecule has 0 N–H and O–H groups in total. The summed E-state index contributed by atoms with van der Waals surface area (Å²) in [6.45, 7) is 8.09. The second-order valence-corrected chi connectivity index (χ2v) is 9.27.